The van der Waals surface area contributed by atoms with Crippen LogP contribution in [-0.4, -0.2) is 21.0 Å². The van der Waals surface area contributed by atoms with E-state index in [1.807, 2.05) is 11.4 Å². The highest BCUT2D eigenvalue weighted by Crippen LogP contribution is 2.29. The SMILES string of the molecule is C[C@H](Sc1nc(N)c2ccsc2n1)C(=O)c1ccc(F)cc1. The monoisotopic (exact) mass is 333 g/mol. The third-order valence-corrected chi connectivity index (χ3v) is 4.88. The predicted octanol–water partition coefficient (Wildman–Crippen LogP) is 3.78. The van der Waals surface area contributed by atoms with Gasteiger partial charge in [-0.25, -0.2) is 14.4 Å². The zero-order chi connectivity index (χ0) is 15.7. The number of halogens is 1. The summed E-state index contributed by atoms with van der Waals surface area (Å²) < 4.78 is 12.9. The van der Waals surface area contributed by atoms with Gasteiger partial charge >= 0.3 is 0 Å². The number of benzene rings is 1. The van der Waals surface area contributed by atoms with E-state index in [2.05, 4.69) is 9.97 Å². The van der Waals surface area contributed by atoms with Crippen LogP contribution in [0.5, 0.6) is 0 Å². The van der Waals surface area contributed by atoms with E-state index in [1.165, 1.54) is 47.4 Å². The summed E-state index contributed by atoms with van der Waals surface area (Å²) in [6.45, 7) is 1.77. The highest BCUT2D eigenvalue weighted by molar-refractivity contribution is 8.00. The van der Waals surface area contributed by atoms with Gasteiger partial charge in [-0.3, -0.25) is 4.79 Å². The molecule has 1 aromatic carbocycles. The molecular weight excluding hydrogens is 321 g/mol. The van der Waals surface area contributed by atoms with Gasteiger partial charge in [0.05, 0.1) is 10.6 Å². The molecule has 0 spiro atoms. The van der Waals surface area contributed by atoms with Crippen LogP contribution in [0.25, 0.3) is 10.2 Å². The highest BCUT2D eigenvalue weighted by atomic mass is 32.2. The van der Waals surface area contributed by atoms with E-state index in [0.717, 1.165) is 10.2 Å². The Kier molecular flexibility index (Phi) is 4.08. The molecule has 2 aromatic heterocycles. The molecule has 0 saturated heterocycles. The number of rotatable bonds is 4. The van der Waals surface area contributed by atoms with Crippen LogP contribution in [0, 0.1) is 5.82 Å². The minimum Gasteiger partial charge on any atom is -0.383 e. The Labute approximate surface area is 134 Å². The standard InChI is InChI=1S/C15H12FN3OS2/c1-8(12(20)9-2-4-10(16)5-3-9)22-15-18-13(17)11-6-7-21-14(11)19-15/h2-8H,1H3,(H2,17,18,19)/t8-/m0/s1. The Balaban J connectivity index is 1.81. The lowest BCUT2D eigenvalue weighted by molar-refractivity contribution is 0.0994. The number of fused-ring (bicyclic) bond motifs is 1. The molecule has 0 aliphatic heterocycles. The summed E-state index contributed by atoms with van der Waals surface area (Å²) in [5.41, 5.74) is 6.36. The first-order valence-corrected chi connectivity index (χ1v) is 8.27. The fraction of sp³-hybridized carbons (Fsp3) is 0.133. The largest absolute Gasteiger partial charge is 0.383 e. The number of nitrogens with two attached hydrogens (primary N) is 1. The topological polar surface area (TPSA) is 68.9 Å². The summed E-state index contributed by atoms with van der Waals surface area (Å²) in [5, 5.41) is 2.81. The van der Waals surface area contributed by atoms with Gasteiger partial charge in [-0.05, 0) is 42.6 Å². The van der Waals surface area contributed by atoms with E-state index in [0.29, 0.717) is 16.5 Å². The molecule has 7 heteroatoms. The van der Waals surface area contributed by atoms with Gasteiger partial charge < -0.3 is 5.73 Å². The Morgan fingerprint density at radius 2 is 2.00 bits per heavy atom. The molecule has 2 N–H and O–H groups in total. The number of hydrogen-bond acceptors (Lipinski definition) is 6. The van der Waals surface area contributed by atoms with Crippen molar-refractivity contribution in [1.82, 2.24) is 9.97 Å². The van der Waals surface area contributed by atoms with Crippen molar-refractivity contribution in [2.24, 2.45) is 0 Å². The molecule has 0 saturated carbocycles. The highest BCUT2D eigenvalue weighted by Gasteiger charge is 2.19. The summed E-state index contributed by atoms with van der Waals surface area (Å²) in [7, 11) is 0. The fourth-order valence-corrected chi connectivity index (χ4v) is 3.66. The van der Waals surface area contributed by atoms with Crippen molar-refractivity contribution in [3.05, 3.63) is 47.1 Å². The number of Topliss-reactive ketones (excluding diaryl/α,β-unsaturated/α-hetero) is 1. The number of carbonyl (C=O) groups excluding carboxylic acids is 1. The Bertz CT molecular complexity index is 832. The lowest BCUT2D eigenvalue weighted by Crippen LogP contribution is -2.14. The Morgan fingerprint density at radius 1 is 1.27 bits per heavy atom. The van der Waals surface area contributed by atoms with Crippen LogP contribution in [0.15, 0.2) is 40.9 Å². The summed E-state index contributed by atoms with van der Waals surface area (Å²) >= 11 is 2.72. The zero-order valence-corrected chi connectivity index (χ0v) is 13.2. The first-order chi connectivity index (χ1) is 10.5. The summed E-state index contributed by atoms with van der Waals surface area (Å²) in [6, 6.07) is 7.38. The molecule has 22 heavy (non-hydrogen) atoms. The number of thioether (sulfide) groups is 1. The van der Waals surface area contributed by atoms with Crippen molar-refractivity contribution in [2.75, 3.05) is 5.73 Å². The Hall–Kier alpha value is -1.99. The average molecular weight is 333 g/mol. The fourth-order valence-electron chi connectivity index (χ4n) is 1.97. The minimum absolute atomic E-state index is 0.0987. The van der Waals surface area contributed by atoms with Gasteiger partial charge in [0.25, 0.3) is 0 Å². The van der Waals surface area contributed by atoms with Crippen LogP contribution < -0.4 is 5.73 Å². The molecular formula is C15H12FN3OS2. The predicted molar refractivity (Wildman–Crippen MR) is 87.9 cm³/mol. The van der Waals surface area contributed by atoms with Crippen molar-refractivity contribution in [3.8, 4) is 0 Å². The number of carbonyl (C=O) groups is 1. The number of aromatic nitrogens is 2. The van der Waals surface area contributed by atoms with Crippen LogP contribution >= 0.6 is 23.1 Å². The molecule has 3 aromatic rings. The van der Waals surface area contributed by atoms with E-state index in [9.17, 15) is 9.18 Å². The van der Waals surface area contributed by atoms with Crippen molar-refractivity contribution in [2.45, 2.75) is 17.3 Å². The average Bonchev–Trinajstić information content (AvgIpc) is 2.96. The maximum absolute atomic E-state index is 12.9. The number of nitrogen functional groups attached to an aromatic ring is 1. The molecule has 1 atom stereocenters. The first-order valence-electron chi connectivity index (χ1n) is 6.52. The van der Waals surface area contributed by atoms with Gasteiger partial charge in [0.15, 0.2) is 10.9 Å². The van der Waals surface area contributed by atoms with Gasteiger partial charge in [-0.2, -0.15) is 0 Å². The van der Waals surface area contributed by atoms with Gasteiger partial charge in [-0.1, -0.05) is 11.8 Å². The van der Waals surface area contributed by atoms with Crippen molar-refractivity contribution in [1.29, 1.82) is 0 Å². The van der Waals surface area contributed by atoms with Crippen LogP contribution in [0.1, 0.15) is 17.3 Å². The van der Waals surface area contributed by atoms with Gasteiger partial charge in [-0.15, -0.1) is 11.3 Å². The molecule has 112 valence electrons. The second-order valence-electron chi connectivity index (χ2n) is 4.66. The first kappa shape index (κ1) is 14.9. The van der Waals surface area contributed by atoms with E-state index < -0.39 is 0 Å². The quantitative estimate of drug-likeness (QED) is 0.447. The molecule has 3 rings (SSSR count). The number of ketones is 1. The van der Waals surface area contributed by atoms with Crippen molar-refractivity contribution < 1.29 is 9.18 Å². The lowest BCUT2D eigenvalue weighted by atomic mass is 10.1. The molecule has 0 radical (unpaired) electrons. The molecule has 0 fully saturated rings. The molecule has 0 bridgehead atoms. The van der Waals surface area contributed by atoms with E-state index in [4.69, 9.17) is 5.73 Å². The van der Waals surface area contributed by atoms with Crippen LogP contribution in [0.2, 0.25) is 0 Å². The minimum atomic E-state index is -0.387. The zero-order valence-electron chi connectivity index (χ0n) is 11.6. The smallest absolute Gasteiger partial charge is 0.191 e. The van der Waals surface area contributed by atoms with Crippen LogP contribution in [0.4, 0.5) is 10.2 Å². The molecule has 0 aliphatic rings. The molecule has 4 nitrogen and oxygen atoms in total. The maximum atomic E-state index is 12.9. The molecule has 0 amide bonds. The van der Waals surface area contributed by atoms with Crippen molar-refractivity contribution in [3.63, 3.8) is 0 Å². The molecule has 0 aliphatic carbocycles. The molecule has 0 unspecified atom stereocenters. The van der Waals surface area contributed by atoms with Gasteiger partial charge in [0.2, 0.25) is 0 Å². The van der Waals surface area contributed by atoms with E-state index in [-0.39, 0.29) is 16.9 Å². The number of nitrogens with zero attached hydrogens (tertiary/aromatic N) is 2. The van der Waals surface area contributed by atoms with Crippen LogP contribution in [0.3, 0.4) is 0 Å². The van der Waals surface area contributed by atoms with E-state index in [1.54, 1.807) is 6.92 Å². The van der Waals surface area contributed by atoms with E-state index >= 15 is 0 Å². The maximum Gasteiger partial charge on any atom is 0.191 e. The van der Waals surface area contributed by atoms with Crippen LogP contribution in [-0.2, 0) is 0 Å². The number of anilines is 1. The van der Waals surface area contributed by atoms with Gasteiger partial charge in [0, 0.05) is 5.56 Å². The van der Waals surface area contributed by atoms with Gasteiger partial charge in [0.1, 0.15) is 16.5 Å². The number of hydrogen-bond donors (Lipinski definition) is 1. The summed E-state index contributed by atoms with van der Waals surface area (Å²) in [4.78, 5) is 21.8. The summed E-state index contributed by atoms with van der Waals surface area (Å²) in [5.74, 6) is -0.0512. The number of thiophene rings is 1. The third-order valence-electron chi connectivity index (χ3n) is 3.11. The third kappa shape index (κ3) is 2.95. The second kappa shape index (κ2) is 6.02. The summed E-state index contributed by atoms with van der Waals surface area (Å²) in [6.07, 6.45) is 0. The van der Waals surface area contributed by atoms with Crippen molar-refractivity contribution >= 4 is 44.9 Å². The Morgan fingerprint density at radius 3 is 2.73 bits per heavy atom. The normalized spacial score (nSPS) is 12.5. The molecule has 2 heterocycles. The second-order valence-corrected chi connectivity index (χ2v) is 6.86. The lowest BCUT2D eigenvalue weighted by Gasteiger charge is -2.09.